The van der Waals surface area contributed by atoms with Crippen molar-refractivity contribution in [2.24, 2.45) is 0 Å². The lowest BCUT2D eigenvalue weighted by Crippen LogP contribution is -2.39. The van der Waals surface area contributed by atoms with Crippen LogP contribution in [-0.2, 0) is 11.2 Å². The lowest BCUT2D eigenvalue weighted by molar-refractivity contribution is 0.0236. The van der Waals surface area contributed by atoms with Crippen LogP contribution in [0.25, 0.3) is 0 Å². The van der Waals surface area contributed by atoms with Gasteiger partial charge in [0.2, 0.25) is 5.75 Å². The number of nitrogens with zero attached hydrogens (tertiary/aromatic N) is 1. The van der Waals surface area contributed by atoms with E-state index in [4.69, 9.17) is 18.9 Å². The summed E-state index contributed by atoms with van der Waals surface area (Å²) >= 11 is 0. The number of hydrogen-bond acceptors (Lipinski definition) is 5. The van der Waals surface area contributed by atoms with Gasteiger partial charge in [-0.1, -0.05) is 0 Å². The summed E-state index contributed by atoms with van der Waals surface area (Å²) in [6.45, 7) is 6.25. The summed E-state index contributed by atoms with van der Waals surface area (Å²) in [7, 11) is 4.77. The highest BCUT2D eigenvalue weighted by molar-refractivity contribution is 5.69. The molecule has 0 aliphatic heterocycles. The van der Waals surface area contributed by atoms with Crippen molar-refractivity contribution in [1.29, 1.82) is 0 Å². The van der Waals surface area contributed by atoms with Crippen molar-refractivity contribution in [1.82, 2.24) is 4.90 Å². The highest BCUT2D eigenvalue weighted by Gasteiger charge is 2.35. The van der Waals surface area contributed by atoms with Crippen molar-refractivity contribution in [3.05, 3.63) is 17.7 Å². The molecule has 1 aromatic rings. The molecule has 1 fully saturated rings. The maximum atomic E-state index is 12.4. The number of carbonyl (C=O) groups is 1. The van der Waals surface area contributed by atoms with Crippen molar-refractivity contribution in [2.75, 3.05) is 27.9 Å². The Balaban J connectivity index is 2.11. The quantitative estimate of drug-likeness (QED) is 0.750. The molecule has 0 bridgehead atoms. The van der Waals surface area contributed by atoms with Gasteiger partial charge in [-0.3, -0.25) is 0 Å². The normalized spacial score (nSPS) is 14.0. The zero-order valence-electron chi connectivity index (χ0n) is 16.0. The third kappa shape index (κ3) is 5.18. The van der Waals surface area contributed by atoms with Crippen LogP contribution in [0.5, 0.6) is 17.2 Å². The lowest BCUT2D eigenvalue weighted by Gasteiger charge is -2.27. The standard InChI is InChI=1S/C19H29NO5/c1-19(2,3)25-18(21)20(14-7-8-14)10-9-13-11-15(22-4)17(24-6)16(12-13)23-5/h11-12,14H,7-10H2,1-6H3. The van der Waals surface area contributed by atoms with Gasteiger partial charge in [0.1, 0.15) is 5.60 Å². The van der Waals surface area contributed by atoms with Crippen LogP contribution < -0.4 is 14.2 Å². The summed E-state index contributed by atoms with van der Waals surface area (Å²) in [5, 5.41) is 0. The van der Waals surface area contributed by atoms with Gasteiger partial charge in [0, 0.05) is 12.6 Å². The van der Waals surface area contributed by atoms with Crippen LogP contribution in [0.3, 0.4) is 0 Å². The van der Waals surface area contributed by atoms with Crippen molar-refractivity contribution in [3.8, 4) is 17.2 Å². The van der Waals surface area contributed by atoms with E-state index < -0.39 is 5.60 Å². The molecule has 0 spiro atoms. The first-order valence-corrected chi connectivity index (χ1v) is 8.57. The van der Waals surface area contributed by atoms with Crippen LogP contribution in [0.15, 0.2) is 12.1 Å². The Labute approximate surface area is 150 Å². The average Bonchev–Trinajstić information content (AvgIpc) is 3.37. The van der Waals surface area contributed by atoms with Gasteiger partial charge in [0.15, 0.2) is 11.5 Å². The second-order valence-corrected chi connectivity index (χ2v) is 7.19. The molecular formula is C19H29NO5. The minimum atomic E-state index is -0.489. The minimum Gasteiger partial charge on any atom is -0.493 e. The van der Waals surface area contributed by atoms with Crippen LogP contribution >= 0.6 is 0 Å². The Hall–Kier alpha value is -2.11. The number of carbonyl (C=O) groups excluding carboxylic acids is 1. The minimum absolute atomic E-state index is 0.248. The van der Waals surface area contributed by atoms with E-state index in [1.54, 1.807) is 21.3 Å². The fourth-order valence-electron chi connectivity index (χ4n) is 2.66. The van der Waals surface area contributed by atoms with Crippen LogP contribution in [0.1, 0.15) is 39.2 Å². The van der Waals surface area contributed by atoms with Gasteiger partial charge in [-0.15, -0.1) is 0 Å². The van der Waals surface area contributed by atoms with E-state index in [1.807, 2.05) is 37.8 Å². The van der Waals surface area contributed by atoms with Crippen molar-refractivity contribution < 1.29 is 23.7 Å². The molecule has 2 rings (SSSR count). The Morgan fingerprint density at radius 1 is 1.08 bits per heavy atom. The Morgan fingerprint density at radius 2 is 1.64 bits per heavy atom. The van der Waals surface area contributed by atoms with Gasteiger partial charge >= 0.3 is 6.09 Å². The molecule has 0 atom stereocenters. The van der Waals surface area contributed by atoms with Gasteiger partial charge in [-0.2, -0.15) is 0 Å². The SMILES string of the molecule is COc1cc(CCN(C(=O)OC(C)(C)C)C2CC2)cc(OC)c1OC. The van der Waals surface area contributed by atoms with Crippen molar-refractivity contribution in [3.63, 3.8) is 0 Å². The highest BCUT2D eigenvalue weighted by atomic mass is 16.6. The largest absolute Gasteiger partial charge is 0.493 e. The molecule has 0 saturated heterocycles. The first-order valence-electron chi connectivity index (χ1n) is 8.57. The second-order valence-electron chi connectivity index (χ2n) is 7.19. The zero-order valence-corrected chi connectivity index (χ0v) is 16.0. The van der Waals surface area contributed by atoms with Gasteiger partial charge in [0.05, 0.1) is 21.3 Å². The van der Waals surface area contributed by atoms with E-state index in [9.17, 15) is 4.79 Å². The second kappa shape index (κ2) is 7.85. The smallest absolute Gasteiger partial charge is 0.410 e. The molecule has 0 radical (unpaired) electrons. The number of amides is 1. The molecule has 25 heavy (non-hydrogen) atoms. The van der Waals surface area contributed by atoms with Gasteiger partial charge in [-0.25, -0.2) is 4.79 Å². The Kier molecular flexibility index (Phi) is 6.03. The number of ether oxygens (including phenoxy) is 4. The monoisotopic (exact) mass is 351 g/mol. The molecule has 1 aromatic carbocycles. The maximum absolute atomic E-state index is 12.4. The van der Waals surface area contributed by atoms with Crippen LogP contribution in [0, 0.1) is 0 Å². The van der Waals surface area contributed by atoms with Gasteiger partial charge in [-0.05, 0) is 57.7 Å². The molecule has 6 nitrogen and oxygen atoms in total. The van der Waals surface area contributed by atoms with Crippen molar-refractivity contribution >= 4 is 6.09 Å². The molecule has 0 unspecified atom stereocenters. The fourth-order valence-corrected chi connectivity index (χ4v) is 2.66. The molecule has 1 saturated carbocycles. The van der Waals surface area contributed by atoms with Crippen LogP contribution in [-0.4, -0.2) is 50.5 Å². The summed E-state index contributed by atoms with van der Waals surface area (Å²) in [5.41, 5.74) is 0.528. The topological polar surface area (TPSA) is 57.2 Å². The van der Waals surface area contributed by atoms with E-state index in [0.717, 1.165) is 18.4 Å². The van der Waals surface area contributed by atoms with Crippen LogP contribution in [0.4, 0.5) is 4.79 Å². The molecule has 0 N–H and O–H groups in total. The Bertz CT molecular complexity index is 579. The molecule has 140 valence electrons. The molecule has 1 amide bonds. The molecule has 1 aliphatic carbocycles. The first-order chi connectivity index (χ1) is 11.8. The number of hydrogen-bond donors (Lipinski definition) is 0. The van der Waals surface area contributed by atoms with Gasteiger partial charge in [0.25, 0.3) is 0 Å². The molecule has 6 heteroatoms. The van der Waals surface area contributed by atoms with E-state index in [0.29, 0.717) is 30.2 Å². The summed E-state index contributed by atoms with van der Waals surface area (Å²) in [6, 6.07) is 4.13. The van der Waals surface area contributed by atoms with Gasteiger partial charge < -0.3 is 23.8 Å². The molecule has 0 heterocycles. The third-order valence-electron chi connectivity index (χ3n) is 3.98. The van der Waals surface area contributed by atoms with E-state index in [-0.39, 0.29) is 12.1 Å². The van der Waals surface area contributed by atoms with Crippen molar-refractivity contribution in [2.45, 2.75) is 51.7 Å². The molecular weight excluding hydrogens is 322 g/mol. The number of methoxy groups -OCH3 is 3. The van der Waals surface area contributed by atoms with E-state index >= 15 is 0 Å². The first kappa shape index (κ1) is 19.2. The molecule has 1 aliphatic rings. The Morgan fingerprint density at radius 3 is 2.04 bits per heavy atom. The summed E-state index contributed by atoms with van der Waals surface area (Å²) in [6.07, 6.45) is 2.51. The average molecular weight is 351 g/mol. The zero-order chi connectivity index (χ0) is 18.6. The number of rotatable bonds is 7. The lowest BCUT2D eigenvalue weighted by atomic mass is 10.1. The summed E-state index contributed by atoms with van der Waals surface area (Å²) in [5.74, 6) is 1.80. The predicted octanol–water partition coefficient (Wildman–Crippen LogP) is 3.65. The summed E-state index contributed by atoms with van der Waals surface area (Å²) < 4.78 is 21.7. The third-order valence-corrected chi connectivity index (χ3v) is 3.98. The maximum Gasteiger partial charge on any atom is 0.410 e. The van der Waals surface area contributed by atoms with E-state index in [1.165, 1.54) is 0 Å². The van der Waals surface area contributed by atoms with E-state index in [2.05, 4.69) is 0 Å². The highest BCUT2D eigenvalue weighted by Crippen LogP contribution is 2.38. The van der Waals surface area contributed by atoms with Crippen LogP contribution in [0.2, 0.25) is 0 Å². The predicted molar refractivity (Wildman–Crippen MR) is 95.8 cm³/mol. The summed E-state index contributed by atoms with van der Waals surface area (Å²) in [4.78, 5) is 14.3. The fraction of sp³-hybridized carbons (Fsp3) is 0.632. The molecule has 0 aromatic heterocycles. The number of benzene rings is 1.